The molecular weight excluding hydrogens is 763 g/mol. The van der Waals surface area contributed by atoms with E-state index in [9.17, 15) is 5.11 Å². The van der Waals surface area contributed by atoms with Crippen molar-refractivity contribution in [1.29, 1.82) is 0 Å². The van der Waals surface area contributed by atoms with Crippen LogP contribution in [-0.4, -0.2) is 19.6 Å². The number of nitrogens with zero attached hydrogens (tertiary/aromatic N) is 3. The van der Waals surface area contributed by atoms with Gasteiger partial charge in [0.15, 0.2) is 0 Å². The quantitative estimate of drug-likeness (QED) is 0.173. The number of benzene rings is 5. The number of aromatic nitrogens is 3. The third-order valence-corrected chi connectivity index (χ3v) is 12.5. The molecule has 4 heterocycles. The van der Waals surface area contributed by atoms with E-state index in [2.05, 4.69) is 174 Å². The zero-order valence-corrected chi connectivity index (χ0v) is 38.6. The van der Waals surface area contributed by atoms with Gasteiger partial charge in [-0.3, -0.25) is 4.57 Å². The predicted octanol–water partition coefficient (Wildman–Crippen LogP) is 15.9. The molecule has 0 fully saturated rings. The summed E-state index contributed by atoms with van der Waals surface area (Å²) >= 11 is 0. The minimum atomic E-state index is -0.327. The molecule has 0 aliphatic rings. The van der Waals surface area contributed by atoms with Gasteiger partial charge in [0.2, 0.25) is 0 Å². The first-order valence-electron chi connectivity index (χ1n) is 22.1. The maximum Gasteiger partial charge on any atom is 0.149 e. The van der Waals surface area contributed by atoms with Crippen molar-refractivity contribution in [1.82, 2.24) is 14.5 Å². The second kappa shape index (κ2) is 14.5. The molecule has 0 spiro atoms. The zero-order valence-electron chi connectivity index (χ0n) is 38.6. The van der Waals surface area contributed by atoms with Gasteiger partial charge in [-0.25, -0.2) is 9.97 Å². The van der Waals surface area contributed by atoms with Crippen molar-refractivity contribution in [3.05, 3.63) is 131 Å². The van der Waals surface area contributed by atoms with Gasteiger partial charge >= 0.3 is 0 Å². The van der Waals surface area contributed by atoms with Crippen molar-refractivity contribution >= 4 is 33.1 Å². The van der Waals surface area contributed by atoms with Crippen molar-refractivity contribution in [2.45, 2.75) is 118 Å². The third-order valence-electron chi connectivity index (χ3n) is 12.5. The van der Waals surface area contributed by atoms with Gasteiger partial charge in [0, 0.05) is 17.3 Å². The summed E-state index contributed by atoms with van der Waals surface area (Å²) in [5.41, 5.74) is 15.3. The van der Waals surface area contributed by atoms with Gasteiger partial charge in [0.25, 0.3) is 0 Å². The predicted molar refractivity (Wildman–Crippen MR) is 257 cm³/mol. The number of pyridine rings is 1. The Morgan fingerprint density at radius 3 is 1.74 bits per heavy atom. The monoisotopic (exact) mass is 821 g/mol. The molecule has 5 aromatic carbocycles. The van der Waals surface area contributed by atoms with Gasteiger partial charge in [-0.15, -0.1) is 0 Å². The summed E-state index contributed by atoms with van der Waals surface area (Å²) in [4.78, 5) is 11.1. The average Bonchev–Trinajstić information content (AvgIpc) is 3.94. The summed E-state index contributed by atoms with van der Waals surface area (Å²) in [5, 5.41) is 14.5. The van der Waals surface area contributed by atoms with E-state index in [0.29, 0.717) is 17.1 Å². The highest BCUT2D eigenvalue weighted by atomic mass is 16.4. The molecule has 0 saturated carbocycles. The Kier molecular flexibility index (Phi) is 9.62. The molecule has 6 heteroatoms. The van der Waals surface area contributed by atoms with E-state index in [1.807, 2.05) is 24.3 Å². The van der Waals surface area contributed by atoms with Crippen LogP contribution in [0, 0.1) is 0 Å². The standard InChI is InChI=1S/C56H59N3O3/c1-31(2)38-24-34(33-18-15-14-16-19-33)25-39(32(3)4)50(38)59-30-44(58-53(59)40-26-35(54(5,6)7)27-41(51(40)60)56(11,12)13)43-29-36(55(8,9)10)28-42(57-43)37-22-23-47-49-48-45(61-47)20-17-21-46(48)62-52(37)49/h14-32,60H,1-13H3. The lowest BCUT2D eigenvalue weighted by molar-refractivity contribution is 0.446. The van der Waals surface area contributed by atoms with Crippen molar-refractivity contribution < 1.29 is 13.9 Å². The number of rotatable bonds is 7. The van der Waals surface area contributed by atoms with E-state index in [1.165, 1.54) is 22.3 Å². The number of phenolic OH excluding ortho intramolecular Hbond substituents is 1. The lowest BCUT2D eigenvalue weighted by Gasteiger charge is -2.28. The first-order valence-corrected chi connectivity index (χ1v) is 22.1. The smallest absolute Gasteiger partial charge is 0.149 e. The van der Waals surface area contributed by atoms with Gasteiger partial charge in [0.1, 0.15) is 39.6 Å². The Hall–Kier alpha value is -6.14. The van der Waals surface area contributed by atoms with Gasteiger partial charge in [-0.1, -0.05) is 132 Å². The molecule has 0 radical (unpaired) electrons. The lowest BCUT2D eigenvalue weighted by atomic mass is 9.78. The summed E-state index contributed by atoms with van der Waals surface area (Å²) in [6, 6.07) is 34.1. The van der Waals surface area contributed by atoms with Crippen molar-refractivity contribution in [2.75, 3.05) is 0 Å². The molecule has 9 rings (SSSR count). The first kappa shape index (κ1) is 41.2. The van der Waals surface area contributed by atoms with Crippen LogP contribution in [0.5, 0.6) is 5.75 Å². The van der Waals surface area contributed by atoms with Gasteiger partial charge < -0.3 is 13.9 Å². The Morgan fingerprint density at radius 1 is 0.532 bits per heavy atom. The highest BCUT2D eigenvalue weighted by Gasteiger charge is 2.31. The maximum atomic E-state index is 12.5. The topological polar surface area (TPSA) is 77.2 Å². The average molecular weight is 822 g/mol. The molecule has 6 nitrogen and oxygen atoms in total. The fraction of sp³-hybridized carbons (Fsp3) is 0.321. The molecule has 0 aliphatic carbocycles. The van der Waals surface area contributed by atoms with E-state index in [4.69, 9.17) is 18.8 Å². The van der Waals surface area contributed by atoms with Gasteiger partial charge in [-0.2, -0.15) is 0 Å². The summed E-state index contributed by atoms with van der Waals surface area (Å²) in [6.45, 7) is 28.9. The first-order chi connectivity index (χ1) is 29.2. The van der Waals surface area contributed by atoms with Crippen LogP contribution in [-0.2, 0) is 16.2 Å². The second-order valence-corrected chi connectivity index (χ2v) is 20.9. The number of furan rings is 2. The summed E-state index contributed by atoms with van der Waals surface area (Å²) < 4.78 is 15.1. The maximum absolute atomic E-state index is 12.5. The van der Waals surface area contributed by atoms with E-state index in [0.717, 1.165) is 72.4 Å². The van der Waals surface area contributed by atoms with E-state index < -0.39 is 0 Å². The summed E-state index contributed by atoms with van der Waals surface area (Å²) in [5.74, 6) is 1.28. The highest BCUT2D eigenvalue weighted by molar-refractivity contribution is 6.22. The van der Waals surface area contributed by atoms with Crippen LogP contribution in [0.4, 0.5) is 0 Å². The zero-order chi connectivity index (χ0) is 44.2. The van der Waals surface area contributed by atoms with Crippen LogP contribution >= 0.6 is 0 Å². The van der Waals surface area contributed by atoms with E-state index >= 15 is 0 Å². The summed E-state index contributed by atoms with van der Waals surface area (Å²) in [6.07, 6.45) is 2.15. The number of hydrogen-bond donors (Lipinski definition) is 1. The van der Waals surface area contributed by atoms with Crippen LogP contribution in [0.2, 0.25) is 0 Å². The molecule has 9 aromatic rings. The van der Waals surface area contributed by atoms with Crippen LogP contribution < -0.4 is 0 Å². The molecule has 0 bridgehead atoms. The number of hydrogen-bond acceptors (Lipinski definition) is 5. The molecule has 0 unspecified atom stereocenters. The molecule has 316 valence electrons. The minimum Gasteiger partial charge on any atom is -0.507 e. The van der Waals surface area contributed by atoms with Crippen molar-refractivity contribution in [3.63, 3.8) is 0 Å². The molecule has 0 amide bonds. The van der Waals surface area contributed by atoms with E-state index in [1.54, 1.807) is 0 Å². The van der Waals surface area contributed by atoms with Gasteiger partial charge in [-0.05, 0) is 116 Å². The van der Waals surface area contributed by atoms with Crippen molar-refractivity contribution in [3.8, 4) is 56.6 Å². The third kappa shape index (κ3) is 6.98. The van der Waals surface area contributed by atoms with E-state index in [-0.39, 0.29) is 33.8 Å². The fourth-order valence-electron chi connectivity index (χ4n) is 8.89. The fourth-order valence-corrected chi connectivity index (χ4v) is 8.89. The second-order valence-electron chi connectivity index (χ2n) is 20.9. The lowest BCUT2D eigenvalue weighted by Crippen LogP contribution is -2.17. The Morgan fingerprint density at radius 2 is 1.13 bits per heavy atom. The number of imidazole rings is 1. The normalized spacial score (nSPS) is 13.0. The molecule has 0 atom stereocenters. The summed E-state index contributed by atoms with van der Waals surface area (Å²) in [7, 11) is 0. The van der Waals surface area contributed by atoms with Crippen LogP contribution in [0.25, 0.3) is 84.0 Å². The largest absolute Gasteiger partial charge is 0.507 e. The van der Waals surface area contributed by atoms with Crippen molar-refractivity contribution in [2.24, 2.45) is 0 Å². The number of aromatic hydroxyl groups is 1. The molecule has 0 saturated heterocycles. The Balaban J connectivity index is 1.36. The molecule has 0 aliphatic heterocycles. The molecule has 1 N–H and O–H groups in total. The van der Waals surface area contributed by atoms with Crippen LogP contribution in [0.3, 0.4) is 0 Å². The number of phenols is 1. The Labute approximate surface area is 366 Å². The molecule has 4 aromatic heterocycles. The SMILES string of the molecule is CC(C)c1cc(-c2ccccc2)cc(C(C)C)c1-n1cc(-c2cc(C(C)(C)C)cc(-c3ccc4oc5cccc6oc3c4c56)n2)nc1-c1cc(C(C)(C)C)cc(C(C)(C)C)c1O. The van der Waals surface area contributed by atoms with Crippen LogP contribution in [0.15, 0.2) is 112 Å². The Bertz CT molecular complexity index is 3100. The van der Waals surface area contributed by atoms with Gasteiger partial charge in [0.05, 0.1) is 33.4 Å². The highest BCUT2D eigenvalue weighted by Crippen LogP contribution is 2.47. The molecular formula is C56H59N3O3. The van der Waals surface area contributed by atoms with Crippen LogP contribution in [0.1, 0.15) is 130 Å². The minimum absolute atomic E-state index is 0.180. The molecule has 62 heavy (non-hydrogen) atoms.